The predicted octanol–water partition coefficient (Wildman–Crippen LogP) is 3.32. The number of benzene rings is 2. The van der Waals surface area contributed by atoms with Gasteiger partial charge >= 0.3 is 0 Å². The van der Waals surface area contributed by atoms with Gasteiger partial charge in [-0.3, -0.25) is 9.69 Å². The number of nitrogens with zero attached hydrogens (tertiary/aromatic N) is 2. The second-order valence-electron chi connectivity index (χ2n) is 6.64. The molecule has 3 rings (SSSR count). The van der Waals surface area contributed by atoms with Gasteiger partial charge in [0.15, 0.2) is 5.13 Å². The van der Waals surface area contributed by atoms with Crippen LogP contribution in [0.2, 0.25) is 0 Å². The fourth-order valence-corrected chi connectivity index (χ4v) is 4.11. The SMILES string of the molecule is CC[NH+](CC)CCN(C(=O)c1cccc(C)c1)c1nc2ccc(F)cc2s1. The average molecular weight is 387 g/mol. The molecule has 0 radical (unpaired) electrons. The summed E-state index contributed by atoms with van der Waals surface area (Å²) in [7, 11) is 0. The standard InChI is InChI=1S/C21H24FN3OS/c1-4-24(5-2)11-12-25(20(26)16-8-6-7-15(3)13-16)21-23-18-10-9-17(22)14-19(18)27-21/h6-10,13-14H,4-5,11-12H2,1-3H3/p+1. The zero-order chi connectivity index (χ0) is 19.4. The average Bonchev–Trinajstić information content (AvgIpc) is 3.07. The van der Waals surface area contributed by atoms with Crippen LogP contribution in [0.1, 0.15) is 29.8 Å². The highest BCUT2D eigenvalue weighted by Crippen LogP contribution is 2.30. The van der Waals surface area contributed by atoms with Crippen molar-refractivity contribution in [1.29, 1.82) is 0 Å². The number of quaternary nitrogens is 1. The molecule has 1 amide bonds. The number of amides is 1. The summed E-state index contributed by atoms with van der Waals surface area (Å²) in [4.78, 5) is 21.0. The highest BCUT2D eigenvalue weighted by atomic mass is 32.1. The van der Waals surface area contributed by atoms with Crippen molar-refractivity contribution in [2.24, 2.45) is 0 Å². The molecule has 0 aliphatic rings. The molecule has 0 unspecified atom stereocenters. The summed E-state index contributed by atoms with van der Waals surface area (Å²) in [6.07, 6.45) is 0. The van der Waals surface area contributed by atoms with Crippen molar-refractivity contribution in [3.63, 3.8) is 0 Å². The smallest absolute Gasteiger partial charge is 0.260 e. The van der Waals surface area contributed by atoms with Crippen molar-refractivity contribution in [2.75, 3.05) is 31.1 Å². The maximum atomic E-state index is 13.6. The number of aryl methyl sites for hydroxylation is 1. The van der Waals surface area contributed by atoms with Gasteiger partial charge in [-0.15, -0.1) is 0 Å². The number of anilines is 1. The van der Waals surface area contributed by atoms with E-state index in [-0.39, 0.29) is 11.7 Å². The molecule has 4 nitrogen and oxygen atoms in total. The van der Waals surface area contributed by atoms with Gasteiger partial charge in [-0.1, -0.05) is 29.0 Å². The van der Waals surface area contributed by atoms with Crippen LogP contribution in [0.3, 0.4) is 0 Å². The van der Waals surface area contributed by atoms with Crippen molar-refractivity contribution in [1.82, 2.24) is 4.98 Å². The zero-order valence-corrected chi connectivity index (χ0v) is 16.8. The van der Waals surface area contributed by atoms with Crippen molar-refractivity contribution in [2.45, 2.75) is 20.8 Å². The molecule has 0 aliphatic carbocycles. The van der Waals surface area contributed by atoms with Crippen LogP contribution in [0.15, 0.2) is 42.5 Å². The molecule has 0 spiro atoms. The lowest BCUT2D eigenvalue weighted by Gasteiger charge is -2.23. The summed E-state index contributed by atoms with van der Waals surface area (Å²) >= 11 is 1.36. The summed E-state index contributed by atoms with van der Waals surface area (Å²) in [6, 6.07) is 12.1. The first kappa shape index (κ1) is 19.5. The molecular formula is C21H25FN3OS+. The zero-order valence-electron chi connectivity index (χ0n) is 16.0. The summed E-state index contributed by atoms with van der Waals surface area (Å²) in [5.41, 5.74) is 2.41. The van der Waals surface area contributed by atoms with Crippen LogP contribution >= 0.6 is 11.3 Å². The third kappa shape index (κ3) is 4.51. The minimum Gasteiger partial charge on any atom is -0.334 e. The minimum atomic E-state index is -0.290. The van der Waals surface area contributed by atoms with Gasteiger partial charge < -0.3 is 4.90 Å². The van der Waals surface area contributed by atoms with E-state index >= 15 is 0 Å². The fourth-order valence-electron chi connectivity index (χ4n) is 3.09. The molecule has 0 atom stereocenters. The van der Waals surface area contributed by atoms with E-state index in [0.29, 0.717) is 22.8 Å². The number of hydrogen-bond donors (Lipinski definition) is 1. The molecule has 0 saturated heterocycles. The molecular weight excluding hydrogens is 361 g/mol. The third-order valence-corrected chi connectivity index (χ3v) is 5.81. The Labute approximate surface area is 163 Å². The lowest BCUT2D eigenvalue weighted by molar-refractivity contribution is -0.894. The topological polar surface area (TPSA) is 37.6 Å². The van der Waals surface area contributed by atoms with Gasteiger partial charge in [-0.25, -0.2) is 9.37 Å². The second kappa shape index (κ2) is 8.59. The Morgan fingerprint density at radius 2 is 1.96 bits per heavy atom. The summed E-state index contributed by atoms with van der Waals surface area (Å²) in [6.45, 7) is 9.70. The molecule has 1 heterocycles. The first-order chi connectivity index (χ1) is 13.0. The number of carbonyl (C=O) groups is 1. The van der Waals surface area contributed by atoms with Gasteiger partial charge in [0.05, 0.1) is 36.4 Å². The largest absolute Gasteiger partial charge is 0.334 e. The van der Waals surface area contributed by atoms with Crippen molar-refractivity contribution in [3.05, 3.63) is 59.4 Å². The van der Waals surface area contributed by atoms with Gasteiger partial charge in [0.25, 0.3) is 5.91 Å². The lowest BCUT2D eigenvalue weighted by atomic mass is 10.1. The highest BCUT2D eigenvalue weighted by Gasteiger charge is 2.23. The van der Waals surface area contributed by atoms with E-state index in [1.807, 2.05) is 31.2 Å². The van der Waals surface area contributed by atoms with E-state index in [1.165, 1.54) is 28.4 Å². The van der Waals surface area contributed by atoms with Crippen LogP contribution in [0.5, 0.6) is 0 Å². The molecule has 142 valence electrons. The number of likely N-dealkylation sites (N-methyl/N-ethyl adjacent to an activating group) is 1. The van der Waals surface area contributed by atoms with Crippen LogP contribution in [0.4, 0.5) is 9.52 Å². The number of fused-ring (bicyclic) bond motifs is 1. The third-order valence-electron chi connectivity index (χ3n) is 4.77. The normalized spacial score (nSPS) is 11.3. The van der Waals surface area contributed by atoms with Gasteiger partial charge in [-0.05, 0) is 51.1 Å². The molecule has 0 saturated carbocycles. The quantitative estimate of drug-likeness (QED) is 0.676. The van der Waals surface area contributed by atoms with E-state index in [1.54, 1.807) is 11.0 Å². The molecule has 0 fully saturated rings. The molecule has 1 N–H and O–H groups in total. The van der Waals surface area contributed by atoms with Crippen LogP contribution in [-0.4, -0.2) is 37.1 Å². The summed E-state index contributed by atoms with van der Waals surface area (Å²) < 4.78 is 14.3. The Balaban J connectivity index is 1.96. The molecule has 0 aliphatic heterocycles. The molecule has 2 aromatic carbocycles. The predicted molar refractivity (Wildman–Crippen MR) is 109 cm³/mol. The first-order valence-electron chi connectivity index (χ1n) is 9.30. The number of halogens is 1. The number of thiazole rings is 1. The number of rotatable bonds is 7. The van der Waals surface area contributed by atoms with Gasteiger partial charge in [-0.2, -0.15) is 0 Å². The summed E-state index contributed by atoms with van der Waals surface area (Å²) in [5, 5.41) is 0.619. The summed E-state index contributed by atoms with van der Waals surface area (Å²) in [5.74, 6) is -0.355. The number of aromatic nitrogens is 1. The van der Waals surface area contributed by atoms with Crippen LogP contribution in [0, 0.1) is 12.7 Å². The number of carbonyl (C=O) groups excluding carboxylic acids is 1. The van der Waals surface area contributed by atoms with Crippen LogP contribution in [-0.2, 0) is 0 Å². The van der Waals surface area contributed by atoms with E-state index in [9.17, 15) is 9.18 Å². The minimum absolute atomic E-state index is 0.0650. The molecule has 0 bridgehead atoms. The van der Waals surface area contributed by atoms with Gasteiger partial charge in [0.1, 0.15) is 5.82 Å². The van der Waals surface area contributed by atoms with Gasteiger partial charge in [0, 0.05) is 5.56 Å². The second-order valence-corrected chi connectivity index (χ2v) is 7.65. The Kier molecular flexibility index (Phi) is 6.19. The van der Waals surface area contributed by atoms with Crippen LogP contribution < -0.4 is 9.80 Å². The van der Waals surface area contributed by atoms with E-state index < -0.39 is 0 Å². The van der Waals surface area contributed by atoms with Gasteiger partial charge in [0.2, 0.25) is 0 Å². The molecule has 6 heteroatoms. The number of nitrogens with one attached hydrogen (secondary N) is 1. The van der Waals surface area contributed by atoms with E-state index in [2.05, 4.69) is 18.8 Å². The van der Waals surface area contributed by atoms with E-state index in [0.717, 1.165) is 29.9 Å². The number of hydrogen-bond acceptors (Lipinski definition) is 3. The Bertz CT molecular complexity index is 936. The maximum absolute atomic E-state index is 13.6. The first-order valence-corrected chi connectivity index (χ1v) is 10.1. The Morgan fingerprint density at radius 3 is 2.67 bits per heavy atom. The van der Waals surface area contributed by atoms with Crippen molar-refractivity contribution >= 4 is 32.6 Å². The molecule has 3 aromatic rings. The Hall–Kier alpha value is -2.31. The maximum Gasteiger partial charge on any atom is 0.260 e. The monoisotopic (exact) mass is 386 g/mol. The fraction of sp³-hybridized carbons (Fsp3) is 0.333. The van der Waals surface area contributed by atoms with E-state index in [4.69, 9.17) is 0 Å². The lowest BCUT2D eigenvalue weighted by Crippen LogP contribution is -3.12. The molecule has 27 heavy (non-hydrogen) atoms. The Morgan fingerprint density at radius 1 is 1.19 bits per heavy atom. The van der Waals surface area contributed by atoms with Crippen LogP contribution in [0.25, 0.3) is 10.2 Å². The van der Waals surface area contributed by atoms with Crippen molar-refractivity contribution < 1.29 is 14.1 Å². The molecule has 1 aromatic heterocycles. The van der Waals surface area contributed by atoms with Crippen molar-refractivity contribution in [3.8, 4) is 0 Å². The highest BCUT2D eigenvalue weighted by molar-refractivity contribution is 7.22.